The van der Waals surface area contributed by atoms with Crippen molar-refractivity contribution in [3.63, 3.8) is 0 Å². The number of carbonyl (C=O) groups is 1. The molecule has 20 nitrogen and oxygen atoms in total. The van der Waals surface area contributed by atoms with Crippen molar-refractivity contribution in [2.45, 2.75) is 0 Å². The van der Waals surface area contributed by atoms with E-state index in [1.165, 1.54) is 0 Å². The van der Waals surface area contributed by atoms with Gasteiger partial charge < -0.3 is 70.4 Å². The molecule has 8 heterocycles. The second-order valence-corrected chi connectivity index (χ2v) is 13.5. The molecule has 0 atom stereocenters. The van der Waals surface area contributed by atoms with Crippen LogP contribution in [0.15, 0.2) is 62.9 Å². The normalized spacial score (nSPS) is 12.0. The molecule has 58 heavy (non-hydrogen) atoms. The fraction of sp³-hybridized carbons (Fsp3) is 0.0270. The number of rotatable bonds is 3. The second kappa shape index (κ2) is 11.7. The number of aromatic amines is 6. The summed E-state index contributed by atoms with van der Waals surface area (Å²) >= 11 is 0. The number of amides is 1. The average molecular weight is 818 g/mol. The van der Waals surface area contributed by atoms with E-state index < -0.39 is 0 Å². The predicted molar refractivity (Wildman–Crippen MR) is 211 cm³/mol. The Morgan fingerprint density at radius 1 is 0.466 bits per heavy atom. The smallest absolute Gasteiger partial charge is 0.386 e. The quantitative estimate of drug-likeness (QED) is 0.0940. The Morgan fingerprint density at radius 3 is 1.10 bits per heavy atom. The van der Waals surface area contributed by atoms with Crippen LogP contribution in [0.4, 0.5) is 11.4 Å². The van der Waals surface area contributed by atoms with E-state index in [1.54, 1.807) is 55.6 Å². The van der Waals surface area contributed by atoms with Gasteiger partial charge in [-0.3, -0.25) is 4.79 Å². The summed E-state index contributed by atoms with van der Waals surface area (Å²) in [5, 5.41) is 8.10. The van der Waals surface area contributed by atoms with Crippen molar-refractivity contribution in [3.8, 4) is 45.6 Å². The van der Waals surface area contributed by atoms with Gasteiger partial charge in [0.15, 0.2) is 0 Å². The summed E-state index contributed by atoms with van der Waals surface area (Å²) in [6.45, 7) is 0. The first kappa shape index (κ1) is 33.3. The zero-order valence-electron chi connectivity index (χ0n) is 29.6. The van der Waals surface area contributed by atoms with E-state index in [2.05, 4.69) is 40.5 Å². The largest absolute Gasteiger partial charge is 2.00 e. The molecule has 8 bridgehead atoms. The Morgan fingerprint density at radius 2 is 0.776 bits per heavy atom. The van der Waals surface area contributed by atoms with Crippen LogP contribution in [-0.2, 0) is 24.3 Å². The first-order valence-electron chi connectivity index (χ1n) is 17.3. The SMILES string of the molecule is CNc1cc2c3nc4nc(nc5[n-]c(nc6nc(nc([n-]3)c2cc1NC=O)-c1cc2[nH]c(=O)[nH]c2cc1-6)c1cc2[nH]c(=O)[nH]c2cc51)-c1cc2[nH]c(=O)[nH]c2cc1-4.[Zn+2]. The summed E-state index contributed by atoms with van der Waals surface area (Å²) in [6, 6.07) is 14.1. The Bertz CT molecular complexity index is 3840. The number of nitrogens with one attached hydrogen (secondary N) is 8. The Kier molecular flexibility index (Phi) is 6.73. The van der Waals surface area contributed by atoms with E-state index in [0.717, 1.165) is 0 Å². The molecule has 0 unspecified atom stereocenters. The third-order valence-corrected chi connectivity index (χ3v) is 10.2. The zero-order chi connectivity index (χ0) is 38.3. The number of carbonyl (C=O) groups excluding carboxylic acids is 1. The molecule has 21 heteroatoms. The summed E-state index contributed by atoms with van der Waals surface area (Å²) in [7, 11) is 1.72. The third kappa shape index (κ3) is 4.76. The molecular weight excluding hydrogens is 798 g/mol. The Labute approximate surface area is 331 Å². The van der Waals surface area contributed by atoms with E-state index >= 15 is 0 Å². The molecule has 12 rings (SSSR count). The molecule has 0 aliphatic carbocycles. The van der Waals surface area contributed by atoms with Crippen LogP contribution in [0.2, 0.25) is 0 Å². The minimum Gasteiger partial charge on any atom is -0.386 e. The number of benzene rings is 4. The number of fused-ring (bicyclic) bond motifs is 23. The van der Waals surface area contributed by atoms with Gasteiger partial charge in [0.25, 0.3) is 0 Å². The molecule has 1 amide bonds. The van der Waals surface area contributed by atoms with Gasteiger partial charge in [0.05, 0.1) is 67.8 Å². The molecule has 0 fully saturated rings. The molecule has 8 N–H and O–H groups in total. The van der Waals surface area contributed by atoms with Crippen molar-refractivity contribution in [1.29, 1.82) is 0 Å². The van der Waals surface area contributed by atoms with Gasteiger partial charge >= 0.3 is 36.5 Å². The number of hydrogen-bond acceptors (Lipinski definition) is 11. The van der Waals surface area contributed by atoms with Crippen LogP contribution in [0.1, 0.15) is 0 Å². The summed E-state index contributed by atoms with van der Waals surface area (Å²) < 4.78 is 0. The van der Waals surface area contributed by atoms with E-state index in [-0.39, 0.29) is 82.4 Å². The minimum absolute atomic E-state index is 0. The number of imidazole rings is 3. The monoisotopic (exact) mass is 816 g/mol. The van der Waals surface area contributed by atoms with Crippen molar-refractivity contribution >= 4 is 95.0 Å². The predicted octanol–water partition coefficient (Wildman–Crippen LogP) is 3.24. The molecule has 6 aromatic heterocycles. The third-order valence-electron chi connectivity index (χ3n) is 10.2. The molecule has 0 saturated heterocycles. The van der Waals surface area contributed by atoms with Gasteiger partial charge in [0.1, 0.15) is 0 Å². The maximum absolute atomic E-state index is 12.4. The number of anilines is 2. The molecule has 4 aromatic carbocycles. The van der Waals surface area contributed by atoms with E-state index in [4.69, 9.17) is 39.9 Å². The Balaban J connectivity index is 0.00000385. The molecule has 2 aliphatic heterocycles. The zero-order valence-corrected chi connectivity index (χ0v) is 32.6. The number of nitrogens with zero attached hydrogens (tertiary/aromatic N) is 8. The molecule has 10 aromatic rings. The molecule has 2 aliphatic rings. The van der Waals surface area contributed by atoms with Crippen molar-refractivity contribution in [2.75, 3.05) is 17.7 Å². The van der Waals surface area contributed by atoms with E-state index in [0.29, 0.717) is 94.7 Å². The summed E-state index contributed by atoms with van der Waals surface area (Å²) in [6.07, 6.45) is 0.577. The minimum atomic E-state index is -0.388. The Hall–Kier alpha value is -8.06. The van der Waals surface area contributed by atoms with E-state index in [1.807, 2.05) is 0 Å². The van der Waals surface area contributed by atoms with Crippen LogP contribution in [-0.4, -0.2) is 73.3 Å². The summed E-state index contributed by atoms with van der Waals surface area (Å²) in [5.41, 5.74) is 6.34. The van der Waals surface area contributed by atoms with E-state index in [9.17, 15) is 19.2 Å². The average Bonchev–Trinajstić information content (AvgIpc) is 4.05. The first-order valence-corrected chi connectivity index (χ1v) is 17.3. The van der Waals surface area contributed by atoms with Gasteiger partial charge in [0, 0.05) is 51.9 Å². The second-order valence-electron chi connectivity index (χ2n) is 13.5. The summed E-state index contributed by atoms with van der Waals surface area (Å²) in [4.78, 5) is 105. The van der Waals surface area contributed by atoms with Gasteiger partial charge in [-0.25, -0.2) is 24.4 Å². The number of hydrogen-bond donors (Lipinski definition) is 8. The van der Waals surface area contributed by atoms with Crippen LogP contribution in [0, 0.1) is 0 Å². The topological polar surface area (TPSA) is 293 Å². The van der Waals surface area contributed by atoms with Gasteiger partial charge in [-0.1, -0.05) is 0 Å². The van der Waals surface area contributed by atoms with Crippen LogP contribution >= 0.6 is 0 Å². The van der Waals surface area contributed by atoms with Crippen molar-refractivity contribution in [1.82, 2.24) is 69.8 Å². The van der Waals surface area contributed by atoms with Gasteiger partial charge in [-0.2, -0.15) is 0 Å². The number of aromatic nitrogens is 14. The standard InChI is InChI=1S/C37H22N16O4.Zn/c1-38-19-2-11-12(3-20(19)39-10-54)28-46-27(11)47-29-13-4-21-23(42-35(55)40-21)6-15(13)31(49-29)51-33-17-8-25-26(45-37(57)44-25)9-18(17)34(53-33)52-32-16-7-24-22(41-36(56)43-24)5-14(16)30(48-28)50-32;/h2-10H,1H3,(H10,38,39,40,41,42,43,44,45,46,47,48,49,50,51,52,53,54,55,56,57);/q;+2/p-2. The van der Waals surface area contributed by atoms with Crippen molar-refractivity contribution < 1.29 is 24.3 Å². The number of H-pyrrole nitrogens is 6. The molecular formula is C37H20N16O4Zn. The molecule has 0 spiro atoms. The first-order chi connectivity index (χ1) is 27.8. The maximum Gasteiger partial charge on any atom is 2.00 e. The molecule has 274 valence electrons. The van der Waals surface area contributed by atoms with Crippen molar-refractivity contribution in [2.24, 2.45) is 0 Å². The van der Waals surface area contributed by atoms with Gasteiger partial charge in [-0.05, 0) is 70.1 Å². The summed E-state index contributed by atoms with van der Waals surface area (Å²) in [5.74, 6) is 0.987. The fourth-order valence-electron chi connectivity index (χ4n) is 7.68. The van der Waals surface area contributed by atoms with Crippen LogP contribution in [0.3, 0.4) is 0 Å². The van der Waals surface area contributed by atoms with Crippen molar-refractivity contribution in [3.05, 3.63) is 80.0 Å². The van der Waals surface area contributed by atoms with Crippen LogP contribution in [0.5, 0.6) is 0 Å². The van der Waals surface area contributed by atoms with Gasteiger partial charge in [-0.15, -0.1) is 0 Å². The molecule has 0 saturated carbocycles. The van der Waals surface area contributed by atoms with Gasteiger partial charge in [0.2, 0.25) is 6.41 Å². The fourth-order valence-corrected chi connectivity index (χ4v) is 7.68. The van der Waals surface area contributed by atoms with Crippen LogP contribution < -0.4 is 37.7 Å². The van der Waals surface area contributed by atoms with Crippen LogP contribution in [0.25, 0.3) is 123 Å². The molecule has 0 radical (unpaired) electrons. The maximum atomic E-state index is 12.4.